The molecule has 0 radical (unpaired) electrons. The summed E-state index contributed by atoms with van der Waals surface area (Å²) < 4.78 is 17.0. The Labute approximate surface area is 125 Å². The van der Waals surface area contributed by atoms with Crippen LogP contribution in [0.1, 0.15) is 39.0 Å². The zero-order chi connectivity index (χ0) is 16.0. The minimum atomic E-state index is -0.867. The van der Waals surface area contributed by atoms with Crippen LogP contribution >= 0.6 is 0 Å². The van der Waals surface area contributed by atoms with E-state index in [-0.39, 0.29) is 0 Å². The molecule has 2 N–H and O–H groups in total. The molecule has 6 nitrogen and oxygen atoms in total. The highest BCUT2D eigenvalue weighted by Gasteiger charge is 2.52. The average Bonchev–Trinajstić information content (AvgIpc) is 2.53. The van der Waals surface area contributed by atoms with Crippen LogP contribution in [-0.4, -0.2) is 29.4 Å². The van der Waals surface area contributed by atoms with Crippen LogP contribution < -0.4 is 15.9 Å². The second kappa shape index (κ2) is 5.00. The summed E-state index contributed by atoms with van der Waals surface area (Å²) in [5, 5.41) is 0. The largest absolute Gasteiger partial charge is 0.496 e. The van der Waals surface area contributed by atoms with Gasteiger partial charge in [0, 0.05) is 11.7 Å². The van der Waals surface area contributed by atoms with E-state index in [0.717, 1.165) is 11.0 Å². The molecule has 1 fully saturated rings. The maximum absolute atomic E-state index is 11.0. The van der Waals surface area contributed by atoms with Gasteiger partial charge in [-0.1, -0.05) is 0 Å². The SMILES string of the molecule is Cc1ncc(B2OC(C)(C)C(C)(C)O2)c(C)c1OC(N)=O. The predicted octanol–water partition coefficient (Wildman–Crippen LogP) is 1.46. The van der Waals surface area contributed by atoms with E-state index in [9.17, 15) is 4.79 Å². The van der Waals surface area contributed by atoms with Gasteiger partial charge in [-0.25, -0.2) is 4.79 Å². The molecule has 0 aliphatic carbocycles. The number of pyridine rings is 1. The Hall–Kier alpha value is -1.60. The maximum Gasteiger partial charge on any atom is 0.496 e. The Kier molecular flexibility index (Phi) is 3.76. The number of carbonyl (C=O) groups is 1. The van der Waals surface area contributed by atoms with Crippen LogP contribution in [0.25, 0.3) is 0 Å². The van der Waals surface area contributed by atoms with Crippen LogP contribution in [-0.2, 0) is 9.31 Å². The molecule has 0 saturated carbocycles. The Morgan fingerprint density at radius 3 is 2.24 bits per heavy atom. The van der Waals surface area contributed by atoms with E-state index in [1.54, 1.807) is 13.1 Å². The highest BCUT2D eigenvalue weighted by Crippen LogP contribution is 2.37. The molecule has 1 aromatic rings. The summed E-state index contributed by atoms with van der Waals surface area (Å²) >= 11 is 0. The second-order valence-corrected chi connectivity index (χ2v) is 6.26. The third-order valence-electron chi connectivity index (χ3n) is 4.21. The lowest BCUT2D eigenvalue weighted by Crippen LogP contribution is -2.41. The minimum absolute atomic E-state index is 0.356. The van der Waals surface area contributed by atoms with Crippen molar-refractivity contribution in [3.8, 4) is 5.75 Å². The number of nitrogens with zero attached hydrogens (tertiary/aromatic N) is 1. The first kappa shape index (κ1) is 15.8. The molecule has 0 atom stereocenters. The number of hydrogen-bond donors (Lipinski definition) is 1. The lowest BCUT2D eigenvalue weighted by atomic mass is 9.77. The fraction of sp³-hybridized carbons (Fsp3) is 0.571. The van der Waals surface area contributed by atoms with E-state index in [0.29, 0.717) is 11.4 Å². The molecule has 7 heteroatoms. The molecule has 0 unspecified atom stereocenters. The van der Waals surface area contributed by atoms with Crippen molar-refractivity contribution in [1.82, 2.24) is 4.98 Å². The summed E-state index contributed by atoms with van der Waals surface area (Å²) in [6, 6.07) is 0. The first-order valence-corrected chi connectivity index (χ1v) is 6.84. The molecular weight excluding hydrogens is 271 g/mol. The predicted molar refractivity (Wildman–Crippen MR) is 79.6 cm³/mol. The molecule has 114 valence electrons. The standard InChI is InChI=1S/C14H21BN2O4/c1-8-10(7-17-9(2)11(8)19-12(16)18)15-20-13(3,4)14(5,6)21-15/h7H,1-6H3,(H2,16,18). The van der Waals surface area contributed by atoms with Crippen LogP contribution in [0.5, 0.6) is 5.75 Å². The molecule has 1 aliphatic rings. The van der Waals surface area contributed by atoms with Crippen LogP contribution in [0.15, 0.2) is 6.20 Å². The van der Waals surface area contributed by atoms with Crippen LogP contribution in [0.3, 0.4) is 0 Å². The summed E-state index contributed by atoms with van der Waals surface area (Å²) in [7, 11) is -0.557. The fourth-order valence-corrected chi connectivity index (χ4v) is 2.18. The van der Waals surface area contributed by atoms with Crippen molar-refractivity contribution in [2.75, 3.05) is 0 Å². The van der Waals surface area contributed by atoms with Gasteiger partial charge in [0.15, 0.2) is 5.75 Å². The lowest BCUT2D eigenvalue weighted by Gasteiger charge is -2.32. The number of rotatable bonds is 2. The monoisotopic (exact) mass is 292 g/mol. The summed E-state index contributed by atoms with van der Waals surface area (Å²) in [5.74, 6) is 0.356. The summed E-state index contributed by atoms with van der Waals surface area (Å²) in [5.41, 5.74) is 6.27. The molecule has 1 aromatic heterocycles. The van der Waals surface area contributed by atoms with Gasteiger partial charge in [-0.15, -0.1) is 0 Å². The third kappa shape index (κ3) is 2.75. The van der Waals surface area contributed by atoms with E-state index in [1.165, 1.54) is 0 Å². The molecule has 2 heterocycles. The first-order chi connectivity index (χ1) is 9.55. The molecule has 1 aliphatic heterocycles. The molecule has 21 heavy (non-hydrogen) atoms. The summed E-state index contributed by atoms with van der Waals surface area (Å²) in [6.07, 6.45) is 0.815. The van der Waals surface area contributed by atoms with Gasteiger partial charge in [0.25, 0.3) is 0 Å². The topological polar surface area (TPSA) is 83.7 Å². The van der Waals surface area contributed by atoms with Crippen molar-refractivity contribution >= 4 is 18.7 Å². The highest BCUT2D eigenvalue weighted by atomic mass is 16.7. The fourth-order valence-electron chi connectivity index (χ4n) is 2.18. The number of hydrogen-bond acceptors (Lipinski definition) is 5. The Balaban J connectivity index is 2.41. The number of aromatic nitrogens is 1. The summed E-state index contributed by atoms with van der Waals surface area (Å²) in [4.78, 5) is 15.3. The lowest BCUT2D eigenvalue weighted by molar-refractivity contribution is 0.00578. The van der Waals surface area contributed by atoms with E-state index >= 15 is 0 Å². The number of primary amides is 1. The summed E-state index contributed by atoms with van der Waals surface area (Å²) in [6.45, 7) is 11.5. The van der Waals surface area contributed by atoms with Gasteiger partial charge in [0.1, 0.15) is 0 Å². The minimum Gasteiger partial charge on any atom is -0.408 e. The zero-order valence-electron chi connectivity index (χ0n) is 13.3. The normalized spacial score (nSPS) is 19.6. The number of ether oxygens (including phenoxy) is 1. The average molecular weight is 292 g/mol. The van der Waals surface area contributed by atoms with E-state index < -0.39 is 24.4 Å². The van der Waals surface area contributed by atoms with Crippen molar-refractivity contribution in [1.29, 1.82) is 0 Å². The third-order valence-corrected chi connectivity index (χ3v) is 4.21. The van der Waals surface area contributed by atoms with Crippen molar-refractivity contribution in [3.05, 3.63) is 17.5 Å². The Bertz CT molecular complexity index is 571. The molecule has 0 spiro atoms. The van der Waals surface area contributed by atoms with Gasteiger partial charge in [-0.2, -0.15) is 0 Å². The van der Waals surface area contributed by atoms with Gasteiger partial charge in [0.2, 0.25) is 0 Å². The molecular formula is C14H21BN2O4. The van der Waals surface area contributed by atoms with Crippen LogP contribution in [0.2, 0.25) is 0 Å². The van der Waals surface area contributed by atoms with Gasteiger partial charge < -0.3 is 19.8 Å². The Morgan fingerprint density at radius 2 is 1.76 bits per heavy atom. The van der Waals surface area contributed by atoms with E-state index in [1.807, 2.05) is 34.6 Å². The molecule has 0 bridgehead atoms. The van der Waals surface area contributed by atoms with Gasteiger partial charge in [-0.05, 0) is 47.1 Å². The van der Waals surface area contributed by atoms with Gasteiger partial charge >= 0.3 is 13.2 Å². The molecule has 1 amide bonds. The van der Waals surface area contributed by atoms with Crippen molar-refractivity contribution in [2.24, 2.45) is 5.73 Å². The number of carbonyl (C=O) groups excluding carboxylic acids is 1. The quantitative estimate of drug-likeness (QED) is 0.834. The zero-order valence-corrected chi connectivity index (χ0v) is 13.3. The molecule has 2 rings (SSSR count). The molecule has 1 saturated heterocycles. The Morgan fingerprint density at radius 1 is 1.24 bits per heavy atom. The van der Waals surface area contributed by atoms with E-state index in [2.05, 4.69) is 4.98 Å². The maximum atomic E-state index is 11.0. The number of amides is 1. The van der Waals surface area contributed by atoms with Crippen molar-refractivity contribution in [3.63, 3.8) is 0 Å². The van der Waals surface area contributed by atoms with Crippen LogP contribution in [0, 0.1) is 13.8 Å². The molecule has 0 aromatic carbocycles. The van der Waals surface area contributed by atoms with Crippen molar-refractivity contribution in [2.45, 2.75) is 52.7 Å². The highest BCUT2D eigenvalue weighted by molar-refractivity contribution is 6.62. The number of aryl methyl sites for hydroxylation is 1. The van der Waals surface area contributed by atoms with Gasteiger partial charge in [0.05, 0.1) is 16.9 Å². The second-order valence-electron chi connectivity index (χ2n) is 6.26. The number of nitrogens with two attached hydrogens (primary N) is 1. The van der Waals surface area contributed by atoms with E-state index in [4.69, 9.17) is 19.8 Å². The van der Waals surface area contributed by atoms with Crippen LogP contribution in [0.4, 0.5) is 4.79 Å². The van der Waals surface area contributed by atoms with Gasteiger partial charge in [-0.3, -0.25) is 4.98 Å². The smallest absolute Gasteiger partial charge is 0.408 e. The first-order valence-electron chi connectivity index (χ1n) is 6.84. The van der Waals surface area contributed by atoms with Crippen molar-refractivity contribution < 1.29 is 18.8 Å².